The highest BCUT2D eigenvalue weighted by atomic mass is 15.2. The van der Waals surface area contributed by atoms with Crippen molar-refractivity contribution in [3.8, 4) is 0 Å². The van der Waals surface area contributed by atoms with Crippen LogP contribution < -0.4 is 11.3 Å². The molecule has 7 heavy (non-hydrogen) atoms. The minimum absolute atomic E-state index is 1.06. The van der Waals surface area contributed by atoms with Crippen LogP contribution in [0.3, 0.4) is 0 Å². The van der Waals surface area contributed by atoms with E-state index in [4.69, 9.17) is 5.84 Å². The van der Waals surface area contributed by atoms with Gasteiger partial charge in [-0.3, -0.25) is 5.84 Å². The first-order valence-corrected chi connectivity index (χ1v) is 2.43. The van der Waals surface area contributed by atoms with Gasteiger partial charge in [0.25, 0.3) is 0 Å². The van der Waals surface area contributed by atoms with Gasteiger partial charge in [0.2, 0.25) is 0 Å². The highest BCUT2D eigenvalue weighted by Gasteiger charge is 1.76. The molecule has 2 nitrogen and oxygen atoms in total. The number of allylic oxidation sites excluding steroid dienone is 1. The van der Waals surface area contributed by atoms with Gasteiger partial charge in [0.15, 0.2) is 0 Å². The summed E-state index contributed by atoms with van der Waals surface area (Å²) in [6.45, 7) is 4.11. The van der Waals surface area contributed by atoms with Crippen LogP contribution in [0, 0.1) is 0 Å². The molecule has 42 valence electrons. The zero-order chi connectivity index (χ0) is 5.70. The van der Waals surface area contributed by atoms with Gasteiger partial charge in [-0.2, -0.15) is 0 Å². The summed E-state index contributed by atoms with van der Waals surface area (Å²) in [7, 11) is 0. The molecule has 0 aromatic rings. The van der Waals surface area contributed by atoms with E-state index in [1.165, 1.54) is 5.57 Å². The summed E-state index contributed by atoms with van der Waals surface area (Å²) in [5.41, 5.74) is 3.72. The molecule has 0 aromatic carbocycles. The normalized spacial score (nSPS) is 11.6. The average Bonchev–Trinajstić information content (AvgIpc) is 1.68. The lowest BCUT2D eigenvalue weighted by Crippen LogP contribution is -2.13. The molecular weight excluding hydrogens is 88.1 g/mol. The van der Waals surface area contributed by atoms with Gasteiger partial charge in [0.1, 0.15) is 0 Å². The van der Waals surface area contributed by atoms with E-state index in [0.717, 1.165) is 6.42 Å². The number of hydrogen-bond donors (Lipinski definition) is 2. The number of hydrogen-bond acceptors (Lipinski definition) is 2. The van der Waals surface area contributed by atoms with Crippen molar-refractivity contribution in [1.29, 1.82) is 0 Å². The molecule has 0 fully saturated rings. The lowest BCUT2D eigenvalue weighted by atomic mass is 10.3. The number of nitrogens with one attached hydrogen (secondary N) is 1. The molecule has 0 saturated heterocycles. The predicted octanol–water partition coefficient (Wildman–Crippen LogP) is 0.764. The molecule has 0 bridgehead atoms. The maximum Gasteiger partial charge on any atom is 0.0112 e. The van der Waals surface area contributed by atoms with Gasteiger partial charge in [0, 0.05) is 6.20 Å². The molecule has 3 N–H and O–H groups in total. The molecular formula is C5H12N2. The molecule has 0 unspecified atom stereocenters. The van der Waals surface area contributed by atoms with Crippen molar-refractivity contribution in [2.45, 2.75) is 20.3 Å². The fourth-order valence-corrected chi connectivity index (χ4v) is 0.244. The Bertz CT molecular complexity index is 66.5. The van der Waals surface area contributed by atoms with Crippen molar-refractivity contribution in [3.63, 3.8) is 0 Å². The topological polar surface area (TPSA) is 38.0 Å². The van der Waals surface area contributed by atoms with Crippen molar-refractivity contribution in [1.82, 2.24) is 5.43 Å². The molecule has 0 atom stereocenters. The smallest absolute Gasteiger partial charge is 0.0112 e. The quantitative estimate of drug-likeness (QED) is 0.397. The van der Waals surface area contributed by atoms with E-state index in [1.807, 2.05) is 6.92 Å². The Kier molecular flexibility index (Phi) is 3.42. The number of hydrazine groups is 1. The minimum atomic E-state index is 1.06. The fourth-order valence-electron chi connectivity index (χ4n) is 0.244. The van der Waals surface area contributed by atoms with Crippen LogP contribution in [-0.2, 0) is 0 Å². The lowest BCUT2D eigenvalue weighted by molar-refractivity contribution is 0.929. The molecule has 0 saturated carbocycles. The molecule has 0 rings (SSSR count). The van der Waals surface area contributed by atoms with Crippen LogP contribution in [0.25, 0.3) is 0 Å². The van der Waals surface area contributed by atoms with Crippen LogP contribution in [0.1, 0.15) is 20.3 Å². The second-order valence-electron chi connectivity index (χ2n) is 1.51. The fraction of sp³-hybridized carbons (Fsp3) is 0.600. The van der Waals surface area contributed by atoms with Gasteiger partial charge in [-0.25, -0.2) is 0 Å². The molecule has 0 aromatic heterocycles. The Balaban J connectivity index is 3.29. The Labute approximate surface area is 44.4 Å². The van der Waals surface area contributed by atoms with Crippen LogP contribution in [0.2, 0.25) is 0 Å². The van der Waals surface area contributed by atoms with Gasteiger partial charge < -0.3 is 5.43 Å². The Hall–Kier alpha value is -0.500. The van der Waals surface area contributed by atoms with E-state index in [-0.39, 0.29) is 0 Å². The molecule has 2 heteroatoms. The van der Waals surface area contributed by atoms with Crippen molar-refractivity contribution in [2.24, 2.45) is 5.84 Å². The maximum atomic E-state index is 4.98. The third kappa shape index (κ3) is 3.33. The summed E-state index contributed by atoms with van der Waals surface area (Å²) in [6.07, 6.45) is 2.85. The van der Waals surface area contributed by atoms with Gasteiger partial charge in [-0.15, -0.1) is 0 Å². The Morgan fingerprint density at radius 3 is 2.57 bits per heavy atom. The van der Waals surface area contributed by atoms with E-state index in [1.54, 1.807) is 6.20 Å². The summed E-state index contributed by atoms with van der Waals surface area (Å²) >= 11 is 0. The predicted molar refractivity (Wildman–Crippen MR) is 31.4 cm³/mol. The third-order valence-corrected chi connectivity index (χ3v) is 0.887. The first-order chi connectivity index (χ1) is 3.31. The molecule has 0 aliphatic heterocycles. The summed E-state index contributed by atoms with van der Waals surface area (Å²) in [5, 5.41) is 0. The van der Waals surface area contributed by atoms with Crippen LogP contribution in [0.15, 0.2) is 11.8 Å². The summed E-state index contributed by atoms with van der Waals surface area (Å²) in [5.74, 6) is 4.98. The second kappa shape index (κ2) is 3.68. The number of nitrogens with two attached hydrogens (primary N) is 1. The van der Waals surface area contributed by atoms with E-state index in [0.29, 0.717) is 0 Å². The second-order valence-corrected chi connectivity index (χ2v) is 1.51. The first-order valence-electron chi connectivity index (χ1n) is 2.43. The monoisotopic (exact) mass is 100 g/mol. The molecule has 0 aliphatic carbocycles. The molecule has 0 aliphatic rings. The first kappa shape index (κ1) is 6.50. The van der Waals surface area contributed by atoms with Gasteiger partial charge >= 0.3 is 0 Å². The van der Waals surface area contributed by atoms with Crippen molar-refractivity contribution >= 4 is 0 Å². The molecule has 0 radical (unpaired) electrons. The van der Waals surface area contributed by atoms with E-state index in [2.05, 4.69) is 12.3 Å². The van der Waals surface area contributed by atoms with Crippen molar-refractivity contribution in [3.05, 3.63) is 11.8 Å². The summed E-state index contributed by atoms with van der Waals surface area (Å²) in [4.78, 5) is 0. The van der Waals surface area contributed by atoms with Gasteiger partial charge in [0.05, 0.1) is 0 Å². The van der Waals surface area contributed by atoms with Crippen LogP contribution in [0.4, 0.5) is 0 Å². The number of rotatable bonds is 2. The zero-order valence-electron chi connectivity index (χ0n) is 4.86. The van der Waals surface area contributed by atoms with Gasteiger partial charge in [-0.1, -0.05) is 12.5 Å². The highest BCUT2D eigenvalue weighted by Crippen LogP contribution is 1.92. The summed E-state index contributed by atoms with van der Waals surface area (Å²) < 4.78 is 0. The van der Waals surface area contributed by atoms with Crippen molar-refractivity contribution in [2.75, 3.05) is 0 Å². The van der Waals surface area contributed by atoms with Crippen LogP contribution in [0.5, 0.6) is 0 Å². The Morgan fingerprint density at radius 2 is 2.43 bits per heavy atom. The van der Waals surface area contributed by atoms with E-state index < -0.39 is 0 Å². The average molecular weight is 100 g/mol. The van der Waals surface area contributed by atoms with Crippen molar-refractivity contribution < 1.29 is 0 Å². The molecule has 0 spiro atoms. The SMILES string of the molecule is CC/C(C)=C/NN. The minimum Gasteiger partial charge on any atom is -0.331 e. The zero-order valence-corrected chi connectivity index (χ0v) is 4.86. The maximum absolute atomic E-state index is 4.98. The Morgan fingerprint density at radius 1 is 1.86 bits per heavy atom. The standard InChI is InChI=1S/C5H12N2/c1-3-5(2)4-7-6/h4,7H,3,6H2,1-2H3/b5-4+. The molecule has 0 amide bonds. The van der Waals surface area contributed by atoms with E-state index in [9.17, 15) is 0 Å². The van der Waals surface area contributed by atoms with E-state index >= 15 is 0 Å². The summed E-state index contributed by atoms with van der Waals surface area (Å²) in [6, 6.07) is 0. The highest BCUT2D eigenvalue weighted by molar-refractivity contribution is 4.93. The largest absolute Gasteiger partial charge is 0.331 e. The third-order valence-electron chi connectivity index (χ3n) is 0.887. The van der Waals surface area contributed by atoms with Crippen LogP contribution in [-0.4, -0.2) is 0 Å². The van der Waals surface area contributed by atoms with Crippen LogP contribution >= 0.6 is 0 Å². The lowest BCUT2D eigenvalue weighted by Gasteiger charge is -1.91. The molecule has 0 heterocycles. The van der Waals surface area contributed by atoms with Gasteiger partial charge in [-0.05, 0) is 13.3 Å².